The molecular weight excluding hydrogens is 200 g/mol. The van der Waals surface area contributed by atoms with Crippen molar-refractivity contribution in [3.05, 3.63) is 35.4 Å². The third kappa shape index (κ3) is 2.73. The van der Waals surface area contributed by atoms with Gasteiger partial charge in [0.05, 0.1) is 0 Å². The zero-order valence-electron chi connectivity index (χ0n) is 8.85. The van der Waals surface area contributed by atoms with Gasteiger partial charge in [0.25, 0.3) is 0 Å². The van der Waals surface area contributed by atoms with Gasteiger partial charge in [-0.2, -0.15) is 0 Å². The number of hydrogen-bond acceptors (Lipinski definition) is 2. The average Bonchev–Trinajstić information content (AvgIpc) is 2.19. The fraction of sp³-hybridized carbons (Fsp3) is 0.455. The van der Waals surface area contributed by atoms with E-state index in [2.05, 4.69) is 5.32 Å². The molecule has 0 amide bonds. The van der Waals surface area contributed by atoms with Crippen LogP contribution in [0.15, 0.2) is 18.2 Å². The van der Waals surface area contributed by atoms with Gasteiger partial charge in [0.15, 0.2) is 11.6 Å². The summed E-state index contributed by atoms with van der Waals surface area (Å²) >= 11 is 0. The van der Waals surface area contributed by atoms with Crippen LogP contribution in [0.5, 0.6) is 0 Å². The molecule has 1 atom stereocenters. The zero-order valence-corrected chi connectivity index (χ0v) is 8.85. The van der Waals surface area contributed by atoms with Crippen LogP contribution in [-0.2, 0) is 5.60 Å². The molecule has 4 heteroatoms. The van der Waals surface area contributed by atoms with E-state index in [4.69, 9.17) is 0 Å². The predicted octanol–water partition coefficient (Wildman–Crippen LogP) is 1.78. The molecule has 0 fully saturated rings. The van der Waals surface area contributed by atoms with Gasteiger partial charge in [0, 0.05) is 12.1 Å². The lowest BCUT2D eigenvalue weighted by Gasteiger charge is -2.24. The second-order valence-electron chi connectivity index (χ2n) is 3.66. The Bertz CT molecular complexity index is 339. The van der Waals surface area contributed by atoms with Crippen LogP contribution in [0.3, 0.4) is 0 Å². The molecule has 1 aromatic carbocycles. The van der Waals surface area contributed by atoms with E-state index >= 15 is 0 Å². The summed E-state index contributed by atoms with van der Waals surface area (Å²) in [5, 5.41) is 12.8. The molecule has 1 unspecified atom stereocenters. The predicted molar refractivity (Wildman–Crippen MR) is 54.5 cm³/mol. The molecule has 84 valence electrons. The van der Waals surface area contributed by atoms with E-state index in [9.17, 15) is 13.9 Å². The van der Waals surface area contributed by atoms with Crippen LogP contribution in [0, 0.1) is 11.6 Å². The van der Waals surface area contributed by atoms with Crippen molar-refractivity contribution in [2.75, 3.05) is 13.1 Å². The largest absolute Gasteiger partial charge is 0.384 e. The molecule has 15 heavy (non-hydrogen) atoms. The smallest absolute Gasteiger partial charge is 0.164 e. The zero-order chi connectivity index (χ0) is 11.5. The molecule has 0 heterocycles. The molecule has 0 aliphatic rings. The van der Waals surface area contributed by atoms with Gasteiger partial charge in [-0.25, -0.2) is 8.78 Å². The van der Waals surface area contributed by atoms with Crippen LogP contribution >= 0.6 is 0 Å². The van der Waals surface area contributed by atoms with Crippen LogP contribution in [0.25, 0.3) is 0 Å². The number of nitrogens with one attached hydrogen (secondary N) is 1. The summed E-state index contributed by atoms with van der Waals surface area (Å²) in [5.41, 5.74) is -1.43. The highest BCUT2D eigenvalue weighted by Crippen LogP contribution is 2.24. The Morgan fingerprint density at radius 2 is 2.07 bits per heavy atom. The van der Waals surface area contributed by atoms with Crippen molar-refractivity contribution < 1.29 is 13.9 Å². The maximum absolute atomic E-state index is 13.4. The highest BCUT2D eigenvalue weighted by molar-refractivity contribution is 5.25. The summed E-state index contributed by atoms with van der Waals surface area (Å²) in [4.78, 5) is 0. The van der Waals surface area contributed by atoms with Gasteiger partial charge in [0.2, 0.25) is 0 Å². The first-order valence-electron chi connectivity index (χ1n) is 4.86. The summed E-state index contributed by atoms with van der Waals surface area (Å²) in [6.45, 7) is 4.17. The van der Waals surface area contributed by atoms with E-state index in [1.54, 1.807) is 0 Å². The molecule has 0 aromatic heterocycles. The summed E-state index contributed by atoms with van der Waals surface area (Å²) in [6, 6.07) is 3.80. The van der Waals surface area contributed by atoms with E-state index in [1.807, 2.05) is 6.92 Å². The first-order chi connectivity index (χ1) is 6.99. The Morgan fingerprint density at radius 3 is 2.67 bits per heavy atom. The Kier molecular flexibility index (Phi) is 3.77. The van der Waals surface area contributed by atoms with Crippen LogP contribution < -0.4 is 5.32 Å². The van der Waals surface area contributed by atoms with Crippen molar-refractivity contribution >= 4 is 0 Å². The fourth-order valence-electron chi connectivity index (χ4n) is 1.38. The van der Waals surface area contributed by atoms with E-state index in [1.165, 1.54) is 19.1 Å². The second-order valence-corrected chi connectivity index (χ2v) is 3.66. The van der Waals surface area contributed by atoms with Gasteiger partial charge in [0.1, 0.15) is 5.60 Å². The van der Waals surface area contributed by atoms with E-state index < -0.39 is 17.2 Å². The molecule has 2 nitrogen and oxygen atoms in total. The Balaban J connectivity index is 2.98. The Hall–Kier alpha value is -1.00. The third-order valence-corrected chi connectivity index (χ3v) is 2.25. The standard InChI is InChI=1S/C11H15F2NO/c1-3-14-7-11(2,15)8-5-4-6-9(12)10(8)13/h4-6,14-15H,3,7H2,1-2H3. The van der Waals surface area contributed by atoms with E-state index in [0.29, 0.717) is 6.54 Å². The minimum Gasteiger partial charge on any atom is -0.384 e. The van der Waals surface area contributed by atoms with Crippen molar-refractivity contribution in [1.82, 2.24) is 5.32 Å². The van der Waals surface area contributed by atoms with Gasteiger partial charge in [-0.05, 0) is 19.5 Å². The SMILES string of the molecule is CCNCC(C)(O)c1cccc(F)c1F. The lowest BCUT2D eigenvalue weighted by molar-refractivity contribution is 0.0531. The molecule has 0 radical (unpaired) electrons. The number of likely N-dealkylation sites (N-methyl/N-ethyl adjacent to an activating group) is 1. The van der Waals surface area contributed by atoms with Crippen molar-refractivity contribution in [2.24, 2.45) is 0 Å². The van der Waals surface area contributed by atoms with Gasteiger partial charge >= 0.3 is 0 Å². The molecule has 0 bridgehead atoms. The second kappa shape index (κ2) is 4.68. The maximum Gasteiger partial charge on any atom is 0.164 e. The number of halogens is 2. The molecule has 0 saturated carbocycles. The average molecular weight is 215 g/mol. The quantitative estimate of drug-likeness (QED) is 0.802. The van der Waals surface area contributed by atoms with Gasteiger partial charge in [-0.1, -0.05) is 19.1 Å². The first kappa shape index (κ1) is 12.1. The molecule has 1 rings (SSSR count). The Morgan fingerprint density at radius 1 is 1.40 bits per heavy atom. The lowest BCUT2D eigenvalue weighted by atomic mass is 9.95. The highest BCUT2D eigenvalue weighted by Gasteiger charge is 2.27. The van der Waals surface area contributed by atoms with Crippen molar-refractivity contribution in [3.63, 3.8) is 0 Å². The summed E-state index contributed by atoms with van der Waals surface area (Å²) in [5.74, 6) is -1.93. The minimum atomic E-state index is -1.40. The molecule has 2 N–H and O–H groups in total. The normalized spacial score (nSPS) is 15.0. The Labute approximate surface area is 87.9 Å². The van der Waals surface area contributed by atoms with Gasteiger partial charge < -0.3 is 10.4 Å². The summed E-state index contributed by atoms with van der Waals surface area (Å²) in [7, 11) is 0. The lowest BCUT2D eigenvalue weighted by Crippen LogP contribution is -2.36. The fourth-order valence-corrected chi connectivity index (χ4v) is 1.38. The molecular formula is C11H15F2NO. The van der Waals surface area contributed by atoms with Crippen LogP contribution in [0.1, 0.15) is 19.4 Å². The third-order valence-electron chi connectivity index (χ3n) is 2.25. The monoisotopic (exact) mass is 215 g/mol. The molecule has 1 aromatic rings. The maximum atomic E-state index is 13.4. The topological polar surface area (TPSA) is 32.3 Å². The molecule has 0 aliphatic carbocycles. The van der Waals surface area contributed by atoms with Gasteiger partial charge in [-0.15, -0.1) is 0 Å². The highest BCUT2D eigenvalue weighted by atomic mass is 19.2. The number of rotatable bonds is 4. The van der Waals surface area contributed by atoms with E-state index in [-0.39, 0.29) is 12.1 Å². The summed E-state index contributed by atoms with van der Waals surface area (Å²) in [6.07, 6.45) is 0. The van der Waals surface area contributed by atoms with E-state index in [0.717, 1.165) is 6.07 Å². The number of hydrogen-bond donors (Lipinski definition) is 2. The number of benzene rings is 1. The molecule has 0 spiro atoms. The van der Waals surface area contributed by atoms with Crippen molar-refractivity contribution in [1.29, 1.82) is 0 Å². The first-order valence-corrected chi connectivity index (χ1v) is 4.86. The van der Waals surface area contributed by atoms with Crippen molar-refractivity contribution in [3.8, 4) is 0 Å². The number of aliphatic hydroxyl groups is 1. The molecule has 0 aliphatic heterocycles. The van der Waals surface area contributed by atoms with Gasteiger partial charge in [-0.3, -0.25) is 0 Å². The molecule has 0 saturated heterocycles. The summed E-state index contributed by atoms with van der Waals surface area (Å²) < 4.78 is 26.3. The van der Waals surface area contributed by atoms with Crippen LogP contribution in [-0.4, -0.2) is 18.2 Å². The van der Waals surface area contributed by atoms with Crippen molar-refractivity contribution in [2.45, 2.75) is 19.4 Å². The van der Waals surface area contributed by atoms with Crippen LogP contribution in [0.4, 0.5) is 8.78 Å². The minimum absolute atomic E-state index is 0.0246. The van der Waals surface area contributed by atoms with Crippen LogP contribution in [0.2, 0.25) is 0 Å².